The van der Waals surface area contributed by atoms with Crippen molar-refractivity contribution in [2.45, 2.75) is 19.6 Å². The van der Waals surface area contributed by atoms with Crippen molar-refractivity contribution < 1.29 is 18.7 Å². The number of oxime groups is 1. The highest BCUT2D eigenvalue weighted by Gasteiger charge is 2.12. The first-order chi connectivity index (χ1) is 8.04. The number of anilines is 1. The van der Waals surface area contributed by atoms with Gasteiger partial charge in [-0.1, -0.05) is 17.3 Å². The first-order valence-electron chi connectivity index (χ1n) is 4.82. The molecule has 1 rings (SSSR count). The molecule has 94 valence electrons. The van der Waals surface area contributed by atoms with Crippen molar-refractivity contribution in [3.63, 3.8) is 0 Å². The number of nitrogens with two attached hydrogens (primary N) is 1. The summed E-state index contributed by atoms with van der Waals surface area (Å²) in [6.07, 6.45) is 0. The maximum Gasteiger partial charge on any atom is 0.387 e. The summed E-state index contributed by atoms with van der Waals surface area (Å²) in [5.74, 6) is -0.0584. The number of hydrogen-bond acceptors (Lipinski definition) is 4. The number of ether oxygens (including phenoxy) is 1. The Bertz CT molecular complexity index is 399. The minimum absolute atomic E-state index is 0.0000831. The fraction of sp³-hybridized carbons (Fsp3) is 0.300. The van der Waals surface area contributed by atoms with Crippen LogP contribution in [-0.4, -0.2) is 23.7 Å². The maximum atomic E-state index is 12.1. The third-order valence-corrected chi connectivity index (χ3v) is 2.03. The van der Waals surface area contributed by atoms with Crippen LogP contribution in [0.15, 0.2) is 29.4 Å². The molecule has 1 atom stereocenters. The summed E-state index contributed by atoms with van der Waals surface area (Å²) in [6.45, 7) is -1.29. The molecule has 0 radical (unpaired) electrons. The van der Waals surface area contributed by atoms with Crippen molar-refractivity contribution in [1.82, 2.24) is 0 Å². The van der Waals surface area contributed by atoms with Gasteiger partial charge >= 0.3 is 6.61 Å². The van der Waals surface area contributed by atoms with Gasteiger partial charge in [0.1, 0.15) is 5.75 Å². The van der Waals surface area contributed by atoms with Gasteiger partial charge < -0.3 is 21.0 Å². The van der Waals surface area contributed by atoms with E-state index in [1.54, 1.807) is 25.1 Å². The Labute approximate surface area is 96.9 Å². The van der Waals surface area contributed by atoms with Gasteiger partial charge in [-0.2, -0.15) is 8.78 Å². The molecule has 0 fully saturated rings. The highest BCUT2D eigenvalue weighted by atomic mass is 19.3. The smallest absolute Gasteiger partial charge is 0.387 e. The van der Waals surface area contributed by atoms with E-state index >= 15 is 0 Å². The van der Waals surface area contributed by atoms with Crippen molar-refractivity contribution >= 4 is 11.5 Å². The molecule has 1 unspecified atom stereocenters. The summed E-state index contributed by atoms with van der Waals surface area (Å²) >= 11 is 0. The van der Waals surface area contributed by atoms with Crippen molar-refractivity contribution in [2.24, 2.45) is 10.9 Å². The van der Waals surface area contributed by atoms with E-state index in [4.69, 9.17) is 10.9 Å². The Kier molecular flexibility index (Phi) is 4.50. The normalized spacial score (nSPS) is 13.5. The van der Waals surface area contributed by atoms with Gasteiger partial charge in [-0.25, -0.2) is 0 Å². The first-order valence-corrected chi connectivity index (χ1v) is 4.82. The Morgan fingerprint density at radius 1 is 1.47 bits per heavy atom. The van der Waals surface area contributed by atoms with Crippen molar-refractivity contribution in [1.29, 1.82) is 0 Å². The van der Waals surface area contributed by atoms with Crippen LogP contribution in [0.3, 0.4) is 0 Å². The molecule has 17 heavy (non-hydrogen) atoms. The highest BCUT2D eigenvalue weighted by molar-refractivity contribution is 5.87. The zero-order valence-electron chi connectivity index (χ0n) is 9.10. The SMILES string of the molecule is CC(Nc1ccccc1OC(F)F)C(N)=NO. The monoisotopic (exact) mass is 245 g/mol. The Hall–Kier alpha value is -2.05. The lowest BCUT2D eigenvalue weighted by molar-refractivity contribution is -0.0493. The summed E-state index contributed by atoms with van der Waals surface area (Å²) in [4.78, 5) is 0. The molecule has 0 amide bonds. The molecule has 0 aliphatic heterocycles. The lowest BCUT2D eigenvalue weighted by Crippen LogP contribution is -2.33. The second kappa shape index (κ2) is 5.88. The highest BCUT2D eigenvalue weighted by Crippen LogP contribution is 2.25. The van der Waals surface area contributed by atoms with Gasteiger partial charge in [0.2, 0.25) is 0 Å². The minimum atomic E-state index is -2.91. The van der Waals surface area contributed by atoms with Crippen LogP contribution in [0.5, 0.6) is 5.75 Å². The van der Waals surface area contributed by atoms with E-state index < -0.39 is 12.7 Å². The summed E-state index contributed by atoms with van der Waals surface area (Å²) in [6, 6.07) is 5.66. The number of benzene rings is 1. The van der Waals surface area contributed by atoms with Crippen LogP contribution in [0.25, 0.3) is 0 Å². The predicted octanol–water partition coefficient (Wildman–Crippen LogP) is 1.83. The molecule has 5 nitrogen and oxygen atoms in total. The van der Waals surface area contributed by atoms with Gasteiger partial charge in [-0.15, -0.1) is 0 Å². The van der Waals surface area contributed by atoms with E-state index in [1.807, 2.05) is 0 Å². The zero-order valence-corrected chi connectivity index (χ0v) is 9.10. The van der Waals surface area contributed by atoms with Crippen LogP contribution in [0.2, 0.25) is 0 Å². The molecule has 0 saturated carbocycles. The molecule has 0 saturated heterocycles. The maximum absolute atomic E-state index is 12.1. The van der Waals surface area contributed by atoms with Crippen LogP contribution in [0.1, 0.15) is 6.92 Å². The third kappa shape index (κ3) is 3.78. The minimum Gasteiger partial charge on any atom is -0.433 e. The van der Waals surface area contributed by atoms with Gasteiger partial charge in [-0.05, 0) is 19.1 Å². The third-order valence-electron chi connectivity index (χ3n) is 2.03. The molecule has 4 N–H and O–H groups in total. The zero-order chi connectivity index (χ0) is 12.8. The lowest BCUT2D eigenvalue weighted by atomic mass is 10.2. The molecule has 0 aromatic heterocycles. The van der Waals surface area contributed by atoms with Gasteiger partial charge in [0, 0.05) is 0 Å². The van der Waals surface area contributed by atoms with Gasteiger partial charge in [-0.3, -0.25) is 0 Å². The van der Waals surface area contributed by atoms with Crippen LogP contribution >= 0.6 is 0 Å². The molecule has 0 spiro atoms. The van der Waals surface area contributed by atoms with E-state index in [0.717, 1.165) is 0 Å². The standard InChI is InChI=1S/C10H13F2N3O2/c1-6(9(13)15-16)14-7-4-2-3-5-8(7)17-10(11)12/h2-6,10,14,16H,1H3,(H2,13,15). The van der Waals surface area contributed by atoms with E-state index in [0.29, 0.717) is 5.69 Å². The van der Waals surface area contributed by atoms with Crippen molar-refractivity contribution in [3.05, 3.63) is 24.3 Å². The van der Waals surface area contributed by atoms with Crippen LogP contribution in [-0.2, 0) is 0 Å². The topological polar surface area (TPSA) is 79.9 Å². The number of alkyl halides is 2. The van der Waals surface area contributed by atoms with Gasteiger partial charge in [0.05, 0.1) is 11.7 Å². The summed E-state index contributed by atoms with van der Waals surface area (Å²) < 4.78 is 28.6. The van der Waals surface area contributed by atoms with Crippen LogP contribution in [0, 0.1) is 0 Å². The van der Waals surface area contributed by atoms with Crippen molar-refractivity contribution in [3.8, 4) is 5.75 Å². The van der Waals surface area contributed by atoms with Gasteiger partial charge in [0.25, 0.3) is 0 Å². The number of amidine groups is 1. The van der Waals surface area contributed by atoms with E-state index in [1.165, 1.54) is 6.07 Å². The number of hydrogen-bond donors (Lipinski definition) is 3. The fourth-order valence-corrected chi connectivity index (χ4v) is 1.18. The summed E-state index contributed by atoms with van der Waals surface area (Å²) in [5, 5.41) is 14.1. The number of halogens is 2. The number of rotatable bonds is 5. The second-order valence-electron chi connectivity index (χ2n) is 3.27. The van der Waals surface area contributed by atoms with E-state index in [-0.39, 0.29) is 11.6 Å². The molecule has 0 aliphatic carbocycles. The first kappa shape index (κ1) is 13.0. The van der Waals surface area contributed by atoms with Crippen molar-refractivity contribution in [2.75, 3.05) is 5.32 Å². The Balaban J connectivity index is 2.83. The largest absolute Gasteiger partial charge is 0.433 e. The molecular formula is C10H13F2N3O2. The fourth-order valence-electron chi connectivity index (χ4n) is 1.18. The number of nitrogens with one attached hydrogen (secondary N) is 1. The second-order valence-corrected chi connectivity index (χ2v) is 3.27. The molecule has 1 aromatic carbocycles. The summed E-state index contributed by atoms with van der Waals surface area (Å²) in [7, 11) is 0. The molecule has 7 heteroatoms. The molecule has 0 aliphatic rings. The lowest BCUT2D eigenvalue weighted by Gasteiger charge is -2.16. The molecule has 1 aromatic rings. The molecule has 0 bridgehead atoms. The predicted molar refractivity (Wildman–Crippen MR) is 59.6 cm³/mol. The van der Waals surface area contributed by atoms with Gasteiger partial charge in [0.15, 0.2) is 5.84 Å². The number of nitrogens with zero attached hydrogens (tertiary/aromatic N) is 1. The van der Waals surface area contributed by atoms with Crippen LogP contribution in [0.4, 0.5) is 14.5 Å². The average molecular weight is 245 g/mol. The summed E-state index contributed by atoms with van der Waals surface area (Å²) in [5.41, 5.74) is 5.70. The van der Waals surface area contributed by atoms with Crippen LogP contribution < -0.4 is 15.8 Å². The number of para-hydroxylation sites is 2. The Morgan fingerprint density at radius 3 is 2.71 bits per heavy atom. The molecule has 0 heterocycles. The Morgan fingerprint density at radius 2 is 2.12 bits per heavy atom. The average Bonchev–Trinajstić information content (AvgIpc) is 2.29. The molecular weight excluding hydrogens is 232 g/mol. The quantitative estimate of drug-likeness (QED) is 0.320. The van der Waals surface area contributed by atoms with E-state index in [2.05, 4.69) is 15.2 Å². The van der Waals surface area contributed by atoms with E-state index in [9.17, 15) is 8.78 Å².